The lowest BCUT2D eigenvalue weighted by molar-refractivity contribution is 0.203. The van der Waals surface area contributed by atoms with Gasteiger partial charge in [-0.15, -0.1) is 0 Å². The summed E-state index contributed by atoms with van der Waals surface area (Å²) in [4.78, 5) is 11.7. The molecule has 2 fully saturated rings. The summed E-state index contributed by atoms with van der Waals surface area (Å²) in [7, 11) is 0. The Labute approximate surface area is 199 Å². The highest BCUT2D eigenvalue weighted by atomic mass is 35.5. The number of benzene rings is 1. The lowest BCUT2D eigenvalue weighted by Crippen LogP contribution is -2.56. The zero-order valence-electron chi connectivity index (χ0n) is 18.8. The molecule has 11 heteroatoms. The molecule has 0 unspecified atom stereocenters. The van der Waals surface area contributed by atoms with Gasteiger partial charge in [0, 0.05) is 24.2 Å². The summed E-state index contributed by atoms with van der Waals surface area (Å²) < 4.78 is 16.5. The second-order valence-electron chi connectivity index (χ2n) is 9.05. The fraction of sp³-hybridized carbons (Fsp3) is 0.435. The second-order valence-corrected chi connectivity index (χ2v) is 9.43. The summed E-state index contributed by atoms with van der Waals surface area (Å²) in [6.07, 6.45) is 1.17. The predicted molar refractivity (Wildman–Crippen MR) is 127 cm³/mol. The molecule has 4 atom stereocenters. The van der Waals surface area contributed by atoms with Crippen LogP contribution in [0.25, 0.3) is 33.3 Å². The van der Waals surface area contributed by atoms with E-state index in [9.17, 15) is 9.65 Å². The number of rotatable bonds is 3. The van der Waals surface area contributed by atoms with Crippen LogP contribution in [0.4, 0.5) is 10.2 Å². The molecule has 2 aliphatic heterocycles. The summed E-state index contributed by atoms with van der Waals surface area (Å²) in [5, 5.41) is 22.6. The van der Waals surface area contributed by atoms with Gasteiger partial charge in [0.25, 0.3) is 0 Å². The number of H-pyrrole nitrogens is 1. The van der Waals surface area contributed by atoms with Crippen LogP contribution in [0.2, 0.25) is 5.02 Å². The van der Waals surface area contributed by atoms with Crippen LogP contribution in [0, 0.1) is 18.3 Å². The van der Waals surface area contributed by atoms with Crippen LogP contribution in [0.1, 0.15) is 37.6 Å². The van der Waals surface area contributed by atoms with E-state index in [1.54, 1.807) is 4.68 Å². The highest BCUT2D eigenvalue weighted by molar-refractivity contribution is 6.38. The first kappa shape index (κ1) is 21.3. The van der Waals surface area contributed by atoms with Crippen LogP contribution in [0.5, 0.6) is 0 Å². The van der Waals surface area contributed by atoms with Gasteiger partial charge in [-0.3, -0.25) is 9.78 Å². The quantitative estimate of drug-likeness (QED) is 0.459. The Morgan fingerprint density at radius 3 is 2.91 bits per heavy atom. The van der Waals surface area contributed by atoms with Gasteiger partial charge in [-0.1, -0.05) is 11.6 Å². The summed E-state index contributed by atoms with van der Waals surface area (Å²) in [5.41, 5.74) is 10.0. The Kier molecular flexibility index (Phi) is 4.76. The number of halogens is 2. The van der Waals surface area contributed by atoms with E-state index in [1.165, 1.54) is 0 Å². The maximum atomic E-state index is 14.9. The van der Waals surface area contributed by atoms with E-state index in [4.69, 9.17) is 27.3 Å². The number of nitrogens with one attached hydrogen (secondary N) is 1. The molecule has 2 saturated heterocycles. The van der Waals surface area contributed by atoms with Gasteiger partial charge in [0.2, 0.25) is 0 Å². The van der Waals surface area contributed by atoms with Crippen molar-refractivity contribution in [3.8, 4) is 17.3 Å². The molecule has 9 nitrogen and oxygen atoms in total. The van der Waals surface area contributed by atoms with Crippen molar-refractivity contribution in [3.63, 3.8) is 0 Å². The standard InChI is InChI=1S/C23H23ClFN9/c1-3-33-16(9-26)17-14(32-33)6-5-12(18(17)24)20-21-22(31-30-20)29-23(10(2)28-21)34-11-4-7-15(34)19(25)13(27)8-11/h5-6,11,13,15,19H,3-4,7-8,27H2,1-2H3,(H,29,30,31)/t11-,13-,15+,19-/m0/s1. The first-order valence-corrected chi connectivity index (χ1v) is 11.8. The van der Waals surface area contributed by atoms with Crippen LogP contribution in [-0.4, -0.2) is 54.2 Å². The van der Waals surface area contributed by atoms with Gasteiger partial charge in [-0.05, 0) is 45.2 Å². The van der Waals surface area contributed by atoms with Crippen molar-refractivity contribution in [2.45, 2.75) is 64.0 Å². The number of nitriles is 1. The highest BCUT2D eigenvalue weighted by Gasteiger charge is 2.47. The molecule has 0 radical (unpaired) electrons. The number of nitrogens with two attached hydrogens (primary N) is 1. The van der Waals surface area contributed by atoms with Crippen molar-refractivity contribution < 1.29 is 4.39 Å². The van der Waals surface area contributed by atoms with Crippen molar-refractivity contribution in [2.24, 2.45) is 5.73 Å². The van der Waals surface area contributed by atoms with Gasteiger partial charge in [-0.25, -0.2) is 14.4 Å². The minimum absolute atomic E-state index is 0.163. The van der Waals surface area contributed by atoms with Gasteiger partial charge in [-0.2, -0.15) is 15.5 Å². The summed E-state index contributed by atoms with van der Waals surface area (Å²) in [6, 6.07) is 5.32. The number of hydrogen-bond acceptors (Lipinski definition) is 7. The number of piperidine rings is 1. The molecule has 0 spiro atoms. The number of fused-ring (bicyclic) bond motifs is 4. The van der Waals surface area contributed by atoms with Gasteiger partial charge < -0.3 is 10.6 Å². The molecule has 6 rings (SSSR count). The van der Waals surface area contributed by atoms with Crippen LogP contribution in [-0.2, 0) is 6.54 Å². The topological polar surface area (TPSA) is 125 Å². The van der Waals surface area contributed by atoms with Crippen molar-refractivity contribution >= 4 is 39.5 Å². The molecule has 0 saturated carbocycles. The number of aryl methyl sites for hydroxylation is 2. The Morgan fingerprint density at radius 2 is 2.15 bits per heavy atom. The molecule has 5 heterocycles. The smallest absolute Gasteiger partial charge is 0.177 e. The molecule has 3 aromatic heterocycles. The maximum absolute atomic E-state index is 14.9. The molecule has 0 aliphatic carbocycles. The van der Waals surface area contributed by atoms with Crippen molar-refractivity contribution in [1.82, 2.24) is 29.9 Å². The minimum atomic E-state index is -1.09. The summed E-state index contributed by atoms with van der Waals surface area (Å²) in [5.74, 6) is 0.669. The van der Waals surface area contributed by atoms with E-state index in [0.717, 1.165) is 12.8 Å². The summed E-state index contributed by atoms with van der Waals surface area (Å²) in [6.45, 7) is 4.36. The number of nitrogens with zero attached hydrogens (tertiary/aromatic N) is 7. The number of anilines is 1. The number of alkyl halides is 1. The maximum Gasteiger partial charge on any atom is 0.177 e. The number of hydrogen-bond donors (Lipinski definition) is 2. The Balaban J connectivity index is 1.47. The molecule has 2 aliphatic rings. The largest absolute Gasteiger partial charge is 0.346 e. The molecule has 34 heavy (non-hydrogen) atoms. The third-order valence-electron chi connectivity index (χ3n) is 7.16. The van der Waals surface area contributed by atoms with Gasteiger partial charge in [0.05, 0.1) is 27.7 Å². The van der Waals surface area contributed by atoms with Crippen LogP contribution in [0.15, 0.2) is 12.1 Å². The number of aromatic amines is 1. The van der Waals surface area contributed by atoms with E-state index >= 15 is 0 Å². The van der Waals surface area contributed by atoms with E-state index in [-0.39, 0.29) is 12.1 Å². The minimum Gasteiger partial charge on any atom is -0.346 e. The lowest BCUT2D eigenvalue weighted by Gasteiger charge is -2.41. The number of aromatic nitrogens is 6. The molecular formula is C23H23ClFN9. The normalized spacial score (nSPS) is 24.3. The molecule has 0 amide bonds. The van der Waals surface area contributed by atoms with Crippen molar-refractivity contribution in [1.29, 1.82) is 5.26 Å². The van der Waals surface area contributed by atoms with Gasteiger partial charge in [0.15, 0.2) is 11.5 Å². The zero-order chi connectivity index (χ0) is 23.7. The van der Waals surface area contributed by atoms with Gasteiger partial charge in [0.1, 0.15) is 29.1 Å². The third-order valence-corrected chi connectivity index (χ3v) is 7.55. The molecule has 2 bridgehead atoms. The van der Waals surface area contributed by atoms with Crippen LogP contribution < -0.4 is 10.6 Å². The molecular weight excluding hydrogens is 457 g/mol. The average molecular weight is 480 g/mol. The van der Waals surface area contributed by atoms with E-state index in [2.05, 4.69) is 26.3 Å². The molecule has 4 aromatic rings. The fourth-order valence-electron chi connectivity index (χ4n) is 5.57. The average Bonchev–Trinajstić information content (AvgIpc) is 3.50. The second kappa shape index (κ2) is 7.61. The molecule has 1 aromatic carbocycles. The molecule has 174 valence electrons. The fourth-order valence-corrected chi connectivity index (χ4v) is 5.91. The van der Waals surface area contributed by atoms with Crippen molar-refractivity contribution in [3.05, 3.63) is 28.5 Å². The first-order chi connectivity index (χ1) is 16.4. The van der Waals surface area contributed by atoms with Crippen LogP contribution >= 0.6 is 11.6 Å². The SMILES string of the molecule is CCn1nc2ccc(-c3n[nH]c4nc(N5[C@H]6CC[C@@H]5[C@@H](F)[C@@H](N)C6)c(C)nc34)c(Cl)c2c1C#N. The zero-order valence-corrected chi connectivity index (χ0v) is 19.5. The Morgan fingerprint density at radius 1 is 1.32 bits per heavy atom. The molecule has 3 N–H and O–H groups in total. The van der Waals surface area contributed by atoms with E-state index in [1.807, 2.05) is 26.0 Å². The van der Waals surface area contributed by atoms with E-state index in [0.29, 0.717) is 68.5 Å². The Bertz CT molecular complexity index is 1490. The predicted octanol–water partition coefficient (Wildman–Crippen LogP) is 3.63. The third kappa shape index (κ3) is 2.87. The summed E-state index contributed by atoms with van der Waals surface area (Å²) >= 11 is 6.79. The highest BCUT2D eigenvalue weighted by Crippen LogP contribution is 2.42. The van der Waals surface area contributed by atoms with Crippen LogP contribution in [0.3, 0.4) is 0 Å². The van der Waals surface area contributed by atoms with Crippen molar-refractivity contribution in [2.75, 3.05) is 4.90 Å². The Hall–Kier alpha value is -3.29. The first-order valence-electron chi connectivity index (χ1n) is 11.4. The van der Waals surface area contributed by atoms with Gasteiger partial charge >= 0.3 is 0 Å². The van der Waals surface area contributed by atoms with E-state index < -0.39 is 12.2 Å². The lowest BCUT2D eigenvalue weighted by atomic mass is 9.96. The monoisotopic (exact) mass is 479 g/mol.